The summed E-state index contributed by atoms with van der Waals surface area (Å²) in [6.45, 7) is 1.02. The van der Waals surface area contributed by atoms with Gasteiger partial charge in [0.2, 0.25) is 0 Å². The highest BCUT2D eigenvalue weighted by Gasteiger charge is 2.53. The van der Waals surface area contributed by atoms with Gasteiger partial charge in [0.15, 0.2) is 12.0 Å². The van der Waals surface area contributed by atoms with E-state index in [0.717, 1.165) is 0 Å². The van der Waals surface area contributed by atoms with Gasteiger partial charge < -0.3 is 24.6 Å². The van der Waals surface area contributed by atoms with Gasteiger partial charge in [-0.25, -0.2) is 9.97 Å². The number of fused-ring (bicyclic) bond motifs is 1. The highest BCUT2D eigenvalue weighted by molar-refractivity contribution is 5.86. The van der Waals surface area contributed by atoms with Crippen LogP contribution in [-0.2, 0) is 4.74 Å². The lowest BCUT2D eigenvalue weighted by Crippen LogP contribution is -2.44. The molecule has 2 aromatic heterocycles. The standard InChI is InChI=1S/C12H16N4O5/c1-12(19)8(18)7(4-17)21-11(12)16-3-2-6-9(15-20)13-5-14-10(6)16/h2-3,5,7-8,11,17-20H,4H2,1H3,(H,13,14,15)/t7-,8-,11?,12-/m1/s1. The molecule has 1 saturated heterocycles. The van der Waals surface area contributed by atoms with Crippen molar-refractivity contribution in [2.24, 2.45) is 0 Å². The first-order chi connectivity index (χ1) is 10.0. The first kappa shape index (κ1) is 14.2. The van der Waals surface area contributed by atoms with Gasteiger partial charge in [0.1, 0.15) is 29.8 Å². The maximum Gasteiger partial charge on any atom is 0.167 e. The molecule has 9 nitrogen and oxygen atoms in total. The van der Waals surface area contributed by atoms with Crippen molar-refractivity contribution < 1.29 is 25.3 Å². The molecule has 0 saturated carbocycles. The molecule has 0 aliphatic carbocycles. The maximum absolute atomic E-state index is 10.5. The van der Waals surface area contributed by atoms with Crippen molar-refractivity contribution in [3.8, 4) is 0 Å². The van der Waals surface area contributed by atoms with Crippen LogP contribution in [0.4, 0.5) is 5.82 Å². The van der Waals surface area contributed by atoms with Crippen LogP contribution >= 0.6 is 0 Å². The molecule has 3 rings (SSSR count). The van der Waals surface area contributed by atoms with Crippen molar-refractivity contribution in [1.82, 2.24) is 14.5 Å². The van der Waals surface area contributed by atoms with Crippen LogP contribution in [0.5, 0.6) is 0 Å². The third-order valence-corrected chi connectivity index (χ3v) is 3.80. The number of hydrogen-bond acceptors (Lipinski definition) is 8. The number of aliphatic hydroxyl groups excluding tert-OH is 2. The maximum atomic E-state index is 10.5. The Balaban J connectivity index is 2.09. The Morgan fingerprint density at radius 2 is 2.24 bits per heavy atom. The molecule has 0 radical (unpaired) electrons. The van der Waals surface area contributed by atoms with E-state index in [2.05, 4.69) is 9.97 Å². The molecule has 0 aromatic carbocycles. The van der Waals surface area contributed by atoms with Crippen LogP contribution in [0.3, 0.4) is 0 Å². The van der Waals surface area contributed by atoms with Crippen LogP contribution < -0.4 is 5.48 Å². The number of aliphatic hydroxyl groups is 3. The average molecular weight is 296 g/mol. The summed E-state index contributed by atoms with van der Waals surface area (Å²) in [5, 5.41) is 39.3. The van der Waals surface area contributed by atoms with Crippen LogP contribution in [0.2, 0.25) is 0 Å². The van der Waals surface area contributed by atoms with Gasteiger partial charge in [-0.15, -0.1) is 0 Å². The summed E-state index contributed by atoms with van der Waals surface area (Å²) in [4.78, 5) is 7.97. The van der Waals surface area contributed by atoms with Gasteiger partial charge in [-0.2, -0.15) is 0 Å². The molecule has 3 heterocycles. The van der Waals surface area contributed by atoms with E-state index < -0.39 is 30.6 Å². The minimum atomic E-state index is -1.60. The molecular weight excluding hydrogens is 280 g/mol. The molecule has 0 bridgehead atoms. The molecule has 5 N–H and O–H groups in total. The van der Waals surface area contributed by atoms with E-state index in [4.69, 9.17) is 9.94 Å². The van der Waals surface area contributed by atoms with Crippen molar-refractivity contribution in [2.75, 3.05) is 12.1 Å². The second-order valence-electron chi connectivity index (χ2n) is 5.17. The number of aromatic nitrogens is 3. The van der Waals surface area contributed by atoms with Crippen LogP contribution in [0.15, 0.2) is 18.6 Å². The van der Waals surface area contributed by atoms with E-state index >= 15 is 0 Å². The molecule has 0 amide bonds. The van der Waals surface area contributed by atoms with Gasteiger partial charge in [-0.3, -0.25) is 10.7 Å². The molecule has 9 heteroatoms. The predicted molar refractivity (Wildman–Crippen MR) is 70.6 cm³/mol. The number of nitrogens with zero attached hydrogens (tertiary/aromatic N) is 3. The van der Waals surface area contributed by atoms with Crippen molar-refractivity contribution in [2.45, 2.75) is 31.0 Å². The molecular formula is C12H16N4O5. The zero-order valence-corrected chi connectivity index (χ0v) is 11.2. The highest BCUT2D eigenvalue weighted by atomic mass is 16.6. The zero-order valence-electron chi connectivity index (χ0n) is 11.2. The molecule has 0 spiro atoms. The summed E-state index contributed by atoms with van der Waals surface area (Å²) in [6.07, 6.45) is -0.196. The van der Waals surface area contributed by atoms with Gasteiger partial charge in [-0.1, -0.05) is 0 Å². The second-order valence-corrected chi connectivity index (χ2v) is 5.17. The average Bonchev–Trinajstić information content (AvgIpc) is 2.99. The number of nitrogens with one attached hydrogen (secondary N) is 1. The van der Waals surface area contributed by atoms with Crippen molar-refractivity contribution >= 4 is 16.9 Å². The lowest BCUT2D eigenvalue weighted by Gasteiger charge is -2.27. The third kappa shape index (κ3) is 1.98. The summed E-state index contributed by atoms with van der Waals surface area (Å²) in [5.74, 6) is 0.218. The third-order valence-electron chi connectivity index (χ3n) is 3.80. The molecule has 114 valence electrons. The van der Waals surface area contributed by atoms with Gasteiger partial charge in [0.05, 0.1) is 12.0 Å². The fraction of sp³-hybridized carbons (Fsp3) is 0.500. The number of hydrogen-bond donors (Lipinski definition) is 5. The van der Waals surface area contributed by atoms with E-state index in [-0.39, 0.29) is 5.82 Å². The van der Waals surface area contributed by atoms with Crippen LogP contribution in [0.1, 0.15) is 13.2 Å². The lowest BCUT2D eigenvalue weighted by molar-refractivity contribution is -0.0948. The van der Waals surface area contributed by atoms with E-state index in [9.17, 15) is 15.3 Å². The Kier molecular flexibility index (Phi) is 3.30. The largest absolute Gasteiger partial charge is 0.394 e. The summed E-state index contributed by atoms with van der Waals surface area (Å²) in [7, 11) is 0. The zero-order chi connectivity index (χ0) is 15.2. The van der Waals surface area contributed by atoms with Crippen LogP contribution in [-0.4, -0.2) is 59.5 Å². The first-order valence-electron chi connectivity index (χ1n) is 6.39. The topological polar surface area (TPSA) is 133 Å². The quantitative estimate of drug-likeness (QED) is 0.467. The van der Waals surface area contributed by atoms with Crippen LogP contribution in [0, 0.1) is 0 Å². The van der Waals surface area contributed by atoms with E-state index in [1.54, 1.807) is 12.3 Å². The Morgan fingerprint density at radius 1 is 1.48 bits per heavy atom. The molecule has 1 unspecified atom stereocenters. The monoisotopic (exact) mass is 296 g/mol. The van der Waals surface area contributed by atoms with Gasteiger partial charge in [0, 0.05) is 6.20 Å². The normalized spacial score (nSPS) is 32.7. The highest BCUT2D eigenvalue weighted by Crippen LogP contribution is 2.39. The predicted octanol–water partition coefficient (Wildman–Crippen LogP) is -0.766. The molecule has 1 fully saturated rings. The smallest absolute Gasteiger partial charge is 0.167 e. The second kappa shape index (κ2) is 4.90. The number of anilines is 1. The molecule has 1 aliphatic rings. The Morgan fingerprint density at radius 3 is 2.86 bits per heavy atom. The number of rotatable bonds is 3. The summed E-state index contributed by atoms with van der Waals surface area (Å²) in [5.41, 5.74) is 0.781. The fourth-order valence-electron chi connectivity index (χ4n) is 2.64. The molecule has 21 heavy (non-hydrogen) atoms. The van der Waals surface area contributed by atoms with Gasteiger partial charge in [0.25, 0.3) is 0 Å². The van der Waals surface area contributed by atoms with E-state index in [1.807, 2.05) is 5.48 Å². The lowest BCUT2D eigenvalue weighted by atomic mass is 9.96. The molecule has 1 aliphatic heterocycles. The van der Waals surface area contributed by atoms with E-state index in [1.165, 1.54) is 17.8 Å². The SMILES string of the molecule is C[C@]1(O)C(n2ccc3c(NO)ncnc32)O[C@H](CO)[C@H]1O. The summed E-state index contributed by atoms with van der Waals surface area (Å²) >= 11 is 0. The minimum Gasteiger partial charge on any atom is -0.394 e. The Hall–Kier alpha value is -1.78. The number of ether oxygens (including phenoxy) is 1. The minimum absolute atomic E-state index is 0.218. The molecule has 4 atom stereocenters. The van der Waals surface area contributed by atoms with E-state index in [0.29, 0.717) is 11.0 Å². The van der Waals surface area contributed by atoms with Crippen molar-refractivity contribution in [1.29, 1.82) is 0 Å². The van der Waals surface area contributed by atoms with Crippen molar-refractivity contribution in [3.63, 3.8) is 0 Å². The Labute approximate surface area is 119 Å². The van der Waals surface area contributed by atoms with Crippen LogP contribution in [0.25, 0.3) is 11.0 Å². The molecule has 2 aromatic rings. The van der Waals surface area contributed by atoms with Crippen molar-refractivity contribution in [3.05, 3.63) is 18.6 Å². The Bertz CT molecular complexity index is 658. The van der Waals surface area contributed by atoms with Gasteiger partial charge in [-0.05, 0) is 13.0 Å². The first-order valence-corrected chi connectivity index (χ1v) is 6.39. The summed E-state index contributed by atoms with van der Waals surface area (Å²) < 4.78 is 7.06. The van der Waals surface area contributed by atoms with Gasteiger partial charge >= 0.3 is 0 Å². The fourth-order valence-corrected chi connectivity index (χ4v) is 2.64. The summed E-state index contributed by atoms with van der Waals surface area (Å²) in [6, 6.07) is 1.64.